The first kappa shape index (κ1) is 27.8. The number of benzene rings is 2. The number of nitrogens with one attached hydrogen (secondary N) is 1. The van der Waals surface area contributed by atoms with E-state index >= 15 is 0 Å². The molecule has 13 nitrogen and oxygen atoms in total. The largest absolute Gasteiger partial charge is 0.436 e. The highest BCUT2D eigenvalue weighted by Gasteiger charge is 2.31. The van der Waals surface area contributed by atoms with Gasteiger partial charge in [-0.3, -0.25) is 19.5 Å². The second-order valence-corrected chi connectivity index (χ2v) is 11.0. The van der Waals surface area contributed by atoms with Gasteiger partial charge in [0.25, 0.3) is 5.91 Å². The topological polar surface area (TPSA) is 144 Å². The van der Waals surface area contributed by atoms with Gasteiger partial charge in [0.05, 0.1) is 25.6 Å². The molecule has 2 atom stereocenters. The Morgan fingerprint density at radius 3 is 2.61 bits per heavy atom. The van der Waals surface area contributed by atoms with E-state index in [2.05, 4.69) is 47.7 Å². The van der Waals surface area contributed by atoms with E-state index in [0.717, 1.165) is 12.0 Å². The van der Waals surface area contributed by atoms with Crippen molar-refractivity contribution in [2.24, 2.45) is 13.0 Å². The van der Waals surface area contributed by atoms with Crippen LogP contribution < -0.4 is 5.32 Å². The molecule has 1 unspecified atom stereocenters. The van der Waals surface area contributed by atoms with Crippen molar-refractivity contribution in [1.82, 2.24) is 40.0 Å². The van der Waals surface area contributed by atoms with Crippen molar-refractivity contribution in [3.63, 3.8) is 0 Å². The van der Waals surface area contributed by atoms with Gasteiger partial charge < -0.3 is 19.4 Å². The maximum absolute atomic E-state index is 13.5. The monoisotopic (exact) mass is 593 g/mol. The first-order valence-corrected chi connectivity index (χ1v) is 14.6. The van der Waals surface area contributed by atoms with Gasteiger partial charge >= 0.3 is 0 Å². The number of pyridine rings is 1. The van der Waals surface area contributed by atoms with Crippen molar-refractivity contribution in [3.05, 3.63) is 83.9 Å². The van der Waals surface area contributed by atoms with E-state index in [-0.39, 0.29) is 23.8 Å². The Morgan fingerprint density at radius 2 is 1.86 bits per heavy atom. The van der Waals surface area contributed by atoms with Crippen LogP contribution in [0.3, 0.4) is 0 Å². The van der Waals surface area contributed by atoms with Crippen molar-refractivity contribution in [1.29, 1.82) is 0 Å². The van der Waals surface area contributed by atoms with Crippen molar-refractivity contribution in [2.75, 3.05) is 44.7 Å². The quantitative estimate of drug-likeness (QED) is 0.299. The number of piperazine rings is 1. The van der Waals surface area contributed by atoms with Crippen LogP contribution in [0.2, 0.25) is 0 Å². The number of fused-ring (bicyclic) bond motifs is 1. The number of anilines is 1. The van der Waals surface area contributed by atoms with Crippen molar-refractivity contribution in [2.45, 2.75) is 12.5 Å². The summed E-state index contributed by atoms with van der Waals surface area (Å²) in [7, 11) is 1.75. The highest BCUT2D eigenvalue weighted by molar-refractivity contribution is 5.95. The van der Waals surface area contributed by atoms with Crippen LogP contribution in [-0.2, 0) is 16.6 Å². The zero-order valence-electron chi connectivity index (χ0n) is 24.2. The predicted molar refractivity (Wildman–Crippen MR) is 159 cm³/mol. The maximum Gasteiger partial charge on any atom is 0.272 e. The fraction of sp³-hybridized carbons (Fsp3) is 0.323. The molecular weight excluding hydrogens is 562 g/mol. The van der Waals surface area contributed by atoms with Gasteiger partial charge in [-0.05, 0) is 47.5 Å². The lowest BCUT2D eigenvalue weighted by Gasteiger charge is -2.38. The summed E-state index contributed by atoms with van der Waals surface area (Å²) in [5.41, 5.74) is 3.86. The van der Waals surface area contributed by atoms with Gasteiger partial charge in [0.15, 0.2) is 11.4 Å². The summed E-state index contributed by atoms with van der Waals surface area (Å²) in [5.74, 6) is 0.636. The molecular formula is C31H31N9O4. The molecule has 2 amide bonds. The van der Waals surface area contributed by atoms with Crippen LogP contribution in [0.5, 0.6) is 0 Å². The molecule has 5 aromatic rings. The molecule has 0 saturated carbocycles. The number of hydrogen-bond donors (Lipinski definition) is 1. The predicted octanol–water partition coefficient (Wildman–Crippen LogP) is 2.94. The minimum Gasteiger partial charge on any atom is -0.436 e. The van der Waals surface area contributed by atoms with Gasteiger partial charge in [0.2, 0.25) is 11.8 Å². The molecule has 13 heteroatoms. The number of rotatable bonds is 7. The van der Waals surface area contributed by atoms with Crippen LogP contribution >= 0.6 is 0 Å². The summed E-state index contributed by atoms with van der Waals surface area (Å²) in [5, 5.41) is 15.7. The van der Waals surface area contributed by atoms with Crippen LogP contribution in [0.1, 0.15) is 34.3 Å². The summed E-state index contributed by atoms with van der Waals surface area (Å²) in [6.45, 7) is 3.38. The van der Waals surface area contributed by atoms with Gasteiger partial charge in [-0.2, -0.15) is 4.80 Å². The zero-order chi connectivity index (χ0) is 30.0. The third-order valence-electron chi connectivity index (χ3n) is 8.03. The highest BCUT2D eigenvalue weighted by Crippen LogP contribution is 2.29. The molecule has 0 bridgehead atoms. The molecule has 0 spiro atoms. The summed E-state index contributed by atoms with van der Waals surface area (Å²) in [4.78, 5) is 40.6. The fourth-order valence-corrected chi connectivity index (χ4v) is 5.71. The lowest BCUT2D eigenvalue weighted by atomic mass is 10.0. The number of ether oxygens (including phenoxy) is 1. The summed E-state index contributed by atoms with van der Waals surface area (Å²) in [6.07, 6.45) is 2.31. The Morgan fingerprint density at radius 1 is 1.02 bits per heavy atom. The lowest BCUT2D eigenvalue weighted by molar-refractivity contribution is -0.119. The lowest BCUT2D eigenvalue weighted by Crippen LogP contribution is -2.50. The molecule has 3 aromatic heterocycles. The van der Waals surface area contributed by atoms with Gasteiger partial charge in [0, 0.05) is 50.2 Å². The Hall–Kier alpha value is -5.01. The Balaban J connectivity index is 1.04. The minimum atomic E-state index is -0.159. The van der Waals surface area contributed by atoms with E-state index in [0.29, 0.717) is 79.2 Å². The molecule has 0 aliphatic carbocycles. The highest BCUT2D eigenvalue weighted by atomic mass is 16.5. The first-order chi connectivity index (χ1) is 21.5. The van der Waals surface area contributed by atoms with E-state index < -0.39 is 0 Å². The molecule has 2 aromatic carbocycles. The number of hydrogen-bond acceptors (Lipinski definition) is 10. The molecule has 2 saturated heterocycles. The van der Waals surface area contributed by atoms with Crippen LogP contribution in [0.15, 0.2) is 71.3 Å². The summed E-state index contributed by atoms with van der Waals surface area (Å²) < 4.78 is 11.3. The van der Waals surface area contributed by atoms with Crippen LogP contribution in [0.25, 0.3) is 22.6 Å². The molecule has 2 aliphatic rings. The van der Waals surface area contributed by atoms with E-state index in [4.69, 9.17) is 9.15 Å². The Bertz CT molecular complexity index is 1790. The molecule has 1 N–H and O–H groups in total. The number of carbonyl (C=O) groups is 2. The average Bonchev–Trinajstić information content (AvgIpc) is 3.84. The normalized spacial score (nSPS) is 18.0. The summed E-state index contributed by atoms with van der Waals surface area (Å²) >= 11 is 0. The molecule has 224 valence electrons. The third-order valence-corrected chi connectivity index (χ3v) is 8.03. The van der Waals surface area contributed by atoms with E-state index in [1.807, 2.05) is 23.1 Å². The van der Waals surface area contributed by atoms with Gasteiger partial charge in [-0.1, -0.05) is 30.3 Å². The smallest absolute Gasteiger partial charge is 0.272 e. The van der Waals surface area contributed by atoms with Gasteiger partial charge in [-0.15, -0.1) is 10.2 Å². The SMILES string of the molecule is Cn1nnc(C(c2ccccc2)N2CCN(C(=O)c3cc(-c4nc5cc(NC(=O)[C@@H]6CCOC6)ccc5o4)ccn3)CC2)n1. The number of aromatic nitrogens is 6. The van der Waals surface area contributed by atoms with Gasteiger partial charge in [-0.25, -0.2) is 4.98 Å². The molecule has 7 rings (SSSR count). The van der Waals surface area contributed by atoms with E-state index in [9.17, 15) is 9.59 Å². The number of oxazole rings is 1. The van der Waals surface area contributed by atoms with E-state index in [1.54, 1.807) is 43.6 Å². The number of aryl methyl sites for hydroxylation is 1. The molecule has 5 heterocycles. The molecule has 2 fully saturated rings. The molecule has 2 aliphatic heterocycles. The fourth-order valence-electron chi connectivity index (χ4n) is 5.71. The van der Waals surface area contributed by atoms with Crippen molar-refractivity contribution in [3.8, 4) is 11.5 Å². The standard InChI is InChI=1S/C31H31N9O4/c1-38-36-28(35-37-38)27(20-5-3-2-4-6-20)39-12-14-40(15-13-39)31(42)25-17-21(9-11-32-25)30-34-24-18-23(7-8-26(24)44-30)33-29(41)22-10-16-43-19-22/h2-9,11,17-18,22,27H,10,12-16,19H2,1H3,(H,33,41)/t22-,27?/m1/s1. The zero-order valence-corrected chi connectivity index (χ0v) is 24.2. The van der Waals surface area contributed by atoms with Crippen molar-refractivity contribution >= 4 is 28.6 Å². The number of nitrogens with zero attached hydrogens (tertiary/aromatic N) is 8. The first-order valence-electron chi connectivity index (χ1n) is 14.6. The van der Waals surface area contributed by atoms with Crippen LogP contribution in [-0.4, -0.2) is 91.2 Å². The Kier molecular flexibility index (Phi) is 7.54. The molecule has 0 radical (unpaired) electrons. The minimum absolute atomic E-state index is 0.0651. The maximum atomic E-state index is 13.5. The van der Waals surface area contributed by atoms with Gasteiger partial charge in [0.1, 0.15) is 11.2 Å². The second-order valence-electron chi connectivity index (χ2n) is 11.0. The average molecular weight is 594 g/mol. The number of carbonyl (C=O) groups excluding carboxylic acids is 2. The number of tetrazole rings is 1. The van der Waals surface area contributed by atoms with Crippen molar-refractivity contribution < 1.29 is 18.7 Å². The second kappa shape index (κ2) is 11.9. The van der Waals surface area contributed by atoms with Crippen LogP contribution in [0.4, 0.5) is 5.69 Å². The van der Waals surface area contributed by atoms with Crippen LogP contribution in [0, 0.1) is 5.92 Å². The number of amides is 2. The third kappa shape index (κ3) is 5.66. The molecule has 44 heavy (non-hydrogen) atoms. The van der Waals surface area contributed by atoms with E-state index in [1.165, 1.54) is 4.80 Å². The Labute approximate surface area is 252 Å². The summed E-state index contributed by atoms with van der Waals surface area (Å²) in [6, 6.07) is 18.7.